The number of hydrogen-bond acceptors (Lipinski definition) is 4. The van der Waals surface area contributed by atoms with Crippen molar-refractivity contribution in [1.82, 2.24) is 4.98 Å². The molecule has 4 nitrogen and oxygen atoms in total. The molecular formula is C11H15N3O. The van der Waals surface area contributed by atoms with Crippen LogP contribution < -0.4 is 4.90 Å². The van der Waals surface area contributed by atoms with Crippen LogP contribution in [0.5, 0.6) is 0 Å². The monoisotopic (exact) mass is 205 g/mol. The van der Waals surface area contributed by atoms with E-state index in [9.17, 15) is 0 Å². The number of hydrogen-bond donors (Lipinski definition) is 0. The Morgan fingerprint density at radius 2 is 2.33 bits per heavy atom. The van der Waals surface area contributed by atoms with Gasteiger partial charge in [0.25, 0.3) is 0 Å². The van der Waals surface area contributed by atoms with Crippen LogP contribution in [-0.4, -0.2) is 31.8 Å². The van der Waals surface area contributed by atoms with Gasteiger partial charge in [-0.25, -0.2) is 4.98 Å². The minimum Gasteiger partial charge on any atom is -0.380 e. The lowest BCUT2D eigenvalue weighted by Crippen LogP contribution is -2.23. The Morgan fingerprint density at radius 1 is 1.53 bits per heavy atom. The second-order valence-electron chi connectivity index (χ2n) is 3.14. The van der Waals surface area contributed by atoms with Crippen molar-refractivity contribution in [2.45, 2.75) is 6.92 Å². The van der Waals surface area contributed by atoms with Crippen molar-refractivity contribution in [3.05, 3.63) is 23.9 Å². The molecule has 0 fully saturated rings. The molecule has 1 aromatic heterocycles. The Labute approximate surface area is 90.1 Å². The Hall–Kier alpha value is -1.60. The summed E-state index contributed by atoms with van der Waals surface area (Å²) in [5.74, 6) is 0.855. The summed E-state index contributed by atoms with van der Waals surface area (Å²) in [5.41, 5.74) is 0.581. The maximum atomic E-state index is 8.62. The molecule has 0 spiro atoms. The molecule has 0 amide bonds. The summed E-state index contributed by atoms with van der Waals surface area (Å²) in [6, 6.07) is 5.64. The van der Waals surface area contributed by atoms with Gasteiger partial charge < -0.3 is 9.64 Å². The lowest BCUT2D eigenvalue weighted by atomic mass is 10.3. The van der Waals surface area contributed by atoms with Gasteiger partial charge in [-0.05, 0) is 19.1 Å². The first-order valence-electron chi connectivity index (χ1n) is 4.93. The third-order valence-electron chi connectivity index (χ3n) is 2.04. The molecule has 0 aliphatic rings. The van der Waals surface area contributed by atoms with Gasteiger partial charge in [-0.15, -0.1) is 0 Å². The van der Waals surface area contributed by atoms with Gasteiger partial charge in [0.1, 0.15) is 11.9 Å². The molecule has 0 aromatic carbocycles. The van der Waals surface area contributed by atoms with Crippen molar-refractivity contribution >= 4 is 5.82 Å². The van der Waals surface area contributed by atoms with Gasteiger partial charge >= 0.3 is 0 Å². The van der Waals surface area contributed by atoms with Crippen LogP contribution in [0.4, 0.5) is 5.82 Å². The van der Waals surface area contributed by atoms with Crippen LogP contribution in [0.3, 0.4) is 0 Å². The van der Waals surface area contributed by atoms with Gasteiger partial charge in [-0.1, -0.05) is 0 Å². The van der Waals surface area contributed by atoms with Gasteiger partial charge in [0, 0.05) is 26.4 Å². The molecular weight excluding hydrogens is 190 g/mol. The zero-order valence-electron chi connectivity index (χ0n) is 9.10. The van der Waals surface area contributed by atoms with Crippen LogP contribution in [0, 0.1) is 11.3 Å². The number of likely N-dealkylation sites (N-methyl/N-ethyl adjacent to an activating group) is 1. The number of nitriles is 1. The highest BCUT2D eigenvalue weighted by Gasteiger charge is 2.01. The van der Waals surface area contributed by atoms with Crippen LogP contribution in [0.25, 0.3) is 0 Å². The van der Waals surface area contributed by atoms with Crippen LogP contribution in [0.2, 0.25) is 0 Å². The summed E-state index contributed by atoms with van der Waals surface area (Å²) in [6.07, 6.45) is 1.58. The first kappa shape index (κ1) is 11.5. The molecule has 0 atom stereocenters. The fourth-order valence-electron chi connectivity index (χ4n) is 1.14. The zero-order chi connectivity index (χ0) is 11.1. The molecule has 0 N–H and O–H groups in total. The molecule has 1 aromatic rings. The molecule has 0 unspecified atom stereocenters. The molecule has 0 saturated heterocycles. The van der Waals surface area contributed by atoms with E-state index >= 15 is 0 Å². The van der Waals surface area contributed by atoms with Crippen molar-refractivity contribution in [2.24, 2.45) is 0 Å². The van der Waals surface area contributed by atoms with Crippen molar-refractivity contribution in [3.8, 4) is 6.07 Å². The van der Waals surface area contributed by atoms with Crippen molar-refractivity contribution in [3.63, 3.8) is 0 Å². The van der Waals surface area contributed by atoms with Gasteiger partial charge in [-0.3, -0.25) is 0 Å². The number of aromatic nitrogens is 1. The fraction of sp³-hybridized carbons (Fsp3) is 0.455. The number of pyridine rings is 1. The number of ether oxygens (including phenoxy) is 1. The summed E-state index contributed by atoms with van der Waals surface area (Å²) >= 11 is 0. The van der Waals surface area contributed by atoms with Crippen LogP contribution in [0.15, 0.2) is 18.3 Å². The minimum absolute atomic E-state index is 0.581. The number of rotatable bonds is 5. The van der Waals surface area contributed by atoms with E-state index in [2.05, 4.69) is 4.98 Å². The summed E-state index contributed by atoms with van der Waals surface area (Å²) in [6.45, 7) is 4.19. The second-order valence-corrected chi connectivity index (χ2v) is 3.14. The maximum absolute atomic E-state index is 8.62. The quantitative estimate of drug-likeness (QED) is 0.682. The molecule has 0 aliphatic heterocycles. The van der Waals surface area contributed by atoms with E-state index in [1.807, 2.05) is 31.0 Å². The fourth-order valence-corrected chi connectivity index (χ4v) is 1.14. The van der Waals surface area contributed by atoms with E-state index in [0.29, 0.717) is 12.2 Å². The first-order chi connectivity index (χ1) is 7.27. The second kappa shape index (κ2) is 5.99. The maximum Gasteiger partial charge on any atom is 0.128 e. The Kier molecular flexibility index (Phi) is 4.58. The highest BCUT2D eigenvalue weighted by molar-refractivity contribution is 5.40. The number of nitrogens with zero attached hydrogens (tertiary/aromatic N) is 3. The van der Waals surface area contributed by atoms with E-state index in [1.165, 1.54) is 0 Å². The lowest BCUT2D eigenvalue weighted by molar-refractivity contribution is 0.154. The third kappa shape index (κ3) is 3.56. The van der Waals surface area contributed by atoms with Gasteiger partial charge in [0.05, 0.1) is 12.2 Å². The van der Waals surface area contributed by atoms with Gasteiger partial charge in [0.2, 0.25) is 0 Å². The summed E-state index contributed by atoms with van der Waals surface area (Å²) in [5, 5.41) is 8.62. The Balaban J connectivity index is 2.51. The highest BCUT2D eigenvalue weighted by Crippen LogP contribution is 2.08. The average Bonchev–Trinajstić information content (AvgIpc) is 2.29. The SMILES string of the molecule is CCOCCN(C)c1ccc(C#N)cn1. The molecule has 4 heteroatoms. The van der Waals surface area contributed by atoms with E-state index in [-0.39, 0.29) is 0 Å². The molecule has 0 aliphatic carbocycles. The van der Waals surface area contributed by atoms with E-state index < -0.39 is 0 Å². The molecule has 80 valence electrons. The smallest absolute Gasteiger partial charge is 0.128 e. The Bertz CT molecular complexity index is 329. The highest BCUT2D eigenvalue weighted by atomic mass is 16.5. The molecule has 0 bridgehead atoms. The zero-order valence-corrected chi connectivity index (χ0v) is 9.10. The standard InChI is InChI=1S/C11H15N3O/c1-3-15-7-6-14(2)11-5-4-10(8-12)9-13-11/h4-5,9H,3,6-7H2,1-2H3. The van der Waals surface area contributed by atoms with Crippen LogP contribution in [-0.2, 0) is 4.74 Å². The molecule has 0 saturated carbocycles. The third-order valence-corrected chi connectivity index (χ3v) is 2.04. The van der Waals surface area contributed by atoms with Crippen molar-refractivity contribution in [2.75, 3.05) is 31.7 Å². The molecule has 0 radical (unpaired) electrons. The summed E-state index contributed by atoms with van der Waals surface area (Å²) in [4.78, 5) is 6.17. The summed E-state index contributed by atoms with van der Waals surface area (Å²) < 4.78 is 5.25. The number of anilines is 1. The van der Waals surface area contributed by atoms with E-state index in [1.54, 1.807) is 12.3 Å². The van der Waals surface area contributed by atoms with Crippen LogP contribution >= 0.6 is 0 Å². The van der Waals surface area contributed by atoms with Crippen molar-refractivity contribution in [1.29, 1.82) is 5.26 Å². The Morgan fingerprint density at radius 3 is 2.87 bits per heavy atom. The van der Waals surface area contributed by atoms with E-state index in [4.69, 9.17) is 10.00 Å². The normalized spacial score (nSPS) is 9.67. The summed E-state index contributed by atoms with van der Waals surface area (Å²) in [7, 11) is 1.95. The molecule has 1 heterocycles. The predicted molar refractivity (Wildman–Crippen MR) is 58.7 cm³/mol. The lowest BCUT2D eigenvalue weighted by Gasteiger charge is -2.17. The largest absolute Gasteiger partial charge is 0.380 e. The van der Waals surface area contributed by atoms with Gasteiger partial charge in [0.15, 0.2) is 0 Å². The van der Waals surface area contributed by atoms with Crippen LogP contribution in [0.1, 0.15) is 12.5 Å². The average molecular weight is 205 g/mol. The molecule has 1 rings (SSSR count). The van der Waals surface area contributed by atoms with E-state index in [0.717, 1.165) is 19.0 Å². The van der Waals surface area contributed by atoms with Crippen molar-refractivity contribution < 1.29 is 4.74 Å². The topological polar surface area (TPSA) is 49.1 Å². The predicted octanol–water partition coefficient (Wildman–Crippen LogP) is 1.43. The molecule has 15 heavy (non-hydrogen) atoms. The van der Waals surface area contributed by atoms with Gasteiger partial charge in [-0.2, -0.15) is 5.26 Å². The minimum atomic E-state index is 0.581. The first-order valence-corrected chi connectivity index (χ1v) is 4.93.